The molecule has 0 saturated heterocycles. The van der Waals surface area contributed by atoms with Gasteiger partial charge in [-0.2, -0.15) is 0 Å². The van der Waals surface area contributed by atoms with E-state index in [4.69, 9.17) is 28.9 Å². The number of amides is 1. The molecule has 0 aromatic carbocycles. The summed E-state index contributed by atoms with van der Waals surface area (Å²) < 4.78 is 0. The van der Waals surface area contributed by atoms with Gasteiger partial charge in [-0.15, -0.1) is 0 Å². The van der Waals surface area contributed by atoms with Gasteiger partial charge in [-0.05, 0) is 6.07 Å². The van der Waals surface area contributed by atoms with Crippen LogP contribution in [-0.4, -0.2) is 31.5 Å². The molecule has 0 saturated carbocycles. The minimum absolute atomic E-state index is 0.143. The van der Waals surface area contributed by atoms with Crippen molar-refractivity contribution in [3.8, 4) is 0 Å². The number of rotatable bonds is 3. The van der Waals surface area contributed by atoms with Crippen LogP contribution in [0, 0.1) is 0 Å². The standard InChI is InChI=1S/C9H12Cl2N4O/c1-13-7(16)4-15(2)9-6(11)3-5(10)8(12)14-9/h3H,4H2,1-2H3,(H2,12,14)(H,13,16). The quantitative estimate of drug-likeness (QED) is 0.858. The lowest BCUT2D eigenvalue weighted by Gasteiger charge is -2.18. The second-order valence-corrected chi connectivity index (χ2v) is 4.00. The van der Waals surface area contributed by atoms with Crippen LogP contribution in [-0.2, 0) is 4.79 Å². The molecular formula is C9H12Cl2N4O. The predicted molar refractivity (Wildman–Crippen MR) is 66.0 cm³/mol. The lowest BCUT2D eigenvalue weighted by Crippen LogP contribution is -2.33. The Morgan fingerprint density at radius 2 is 2.19 bits per heavy atom. The molecule has 1 heterocycles. The second kappa shape index (κ2) is 5.23. The Labute approximate surface area is 104 Å². The monoisotopic (exact) mass is 262 g/mol. The molecule has 1 amide bonds. The molecule has 0 aliphatic carbocycles. The summed E-state index contributed by atoms with van der Waals surface area (Å²) in [5.74, 6) is 0.464. The number of nitrogens with zero attached hydrogens (tertiary/aromatic N) is 2. The molecule has 0 aliphatic heterocycles. The topological polar surface area (TPSA) is 71.2 Å². The van der Waals surface area contributed by atoms with E-state index in [0.29, 0.717) is 15.9 Å². The van der Waals surface area contributed by atoms with E-state index in [1.165, 1.54) is 6.07 Å². The van der Waals surface area contributed by atoms with Crippen LogP contribution in [0.1, 0.15) is 0 Å². The first kappa shape index (κ1) is 12.9. The van der Waals surface area contributed by atoms with E-state index in [1.807, 2.05) is 0 Å². The van der Waals surface area contributed by atoms with Crippen molar-refractivity contribution in [3.05, 3.63) is 16.1 Å². The van der Waals surface area contributed by atoms with Crippen LogP contribution < -0.4 is 16.0 Å². The summed E-state index contributed by atoms with van der Waals surface area (Å²) in [4.78, 5) is 16.8. The minimum Gasteiger partial charge on any atom is -0.382 e. The summed E-state index contributed by atoms with van der Waals surface area (Å²) in [6.07, 6.45) is 0. The maximum Gasteiger partial charge on any atom is 0.239 e. The molecular weight excluding hydrogens is 251 g/mol. The van der Waals surface area contributed by atoms with Gasteiger partial charge in [-0.3, -0.25) is 4.79 Å². The molecule has 16 heavy (non-hydrogen) atoms. The molecule has 5 nitrogen and oxygen atoms in total. The van der Waals surface area contributed by atoms with E-state index in [-0.39, 0.29) is 18.3 Å². The van der Waals surface area contributed by atoms with Crippen LogP contribution in [0.4, 0.5) is 11.6 Å². The zero-order chi connectivity index (χ0) is 12.3. The molecule has 0 aliphatic rings. The summed E-state index contributed by atoms with van der Waals surface area (Å²) in [6.45, 7) is 0.143. The van der Waals surface area contributed by atoms with Crippen molar-refractivity contribution in [2.45, 2.75) is 0 Å². The van der Waals surface area contributed by atoms with Crippen LogP contribution in [0.5, 0.6) is 0 Å². The highest BCUT2D eigenvalue weighted by Crippen LogP contribution is 2.29. The van der Waals surface area contributed by atoms with Gasteiger partial charge in [0.15, 0.2) is 0 Å². The summed E-state index contributed by atoms with van der Waals surface area (Å²) in [5.41, 5.74) is 5.56. The zero-order valence-electron chi connectivity index (χ0n) is 8.92. The number of pyridine rings is 1. The number of hydrogen-bond acceptors (Lipinski definition) is 4. The molecule has 3 N–H and O–H groups in total. The first-order valence-corrected chi connectivity index (χ1v) is 5.24. The predicted octanol–water partition coefficient (Wildman–Crippen LogP) is 1.15. The van der Waals surface area contributed by atoms with Gasteiger partial charge in [0.05, 0.1) is 16.6 Å². The highest BCUT2D eigenvalue weighted by molar-refractivity contribution is 6.37. The number of carbonyl (C=O) groups excluding carboxylic acids is 1. The number of aromatic nitrogens is 1. The van der Waals surface area contributed by atoms with Crippen molar-refractivity contribution in [2.75, 3.05) is 31.3 Å². The fourth-order valence-corrected chi connectivity index (χ4v) is 1.61. The summed E-state index contributed by atoms with van der Waals surface area (Å²) in [6, 6.07) is 1.50. The summed E-state index contributed by atoms with van der Waals surface area (Å²) >= 11 is 11.7. The van der Waals surface area contributed by atoms with Crippen LogP contribution in [0.3, 0.4) is 0 Å². The van der Waals surface area contributed by atoms with Gasteiger partial charge in [-0.25, -0.2) is 4.98 Å². The number of anilines is 2. The maximum absolute atomic E-state index is 11.2. The van der Waals surface area contributed by atoms with Gasteiger partial charge in [0.25, 0.3) is 0 Å². The summed E-state index contributed by atoms with van der Waals surface area (Å²) in [7, 11) is 3.25. The first-order valence-electron chi connectivity index (χ1n) is 4.49. The minimum atomic E-state index is -0.145. The molecule has 0 fully saturated rings. The van der Waals surface area contributed by atoms with Crippen molar-refractivity contribution in [1.82, 2.24) is 10.3 Å². The lowest BCUT2D eigenvalue weighted by molar-refractivity contribution is -0.119. The smallest absolute Gasteiger partial charge is 0.239 e. The molecule has 0 radical (unpaired) electrons. The molecule has 0 atom stereocenters. The number of nitrogens with one attached hydrogen (secondary N) is 1. The highest BCUT2D eigenvalue weighted by atomic mass is 35.5. The highest BCUT2D eigenvalue weighted by Gasteiger charge is 2.13. The van der Waals surface area contributed by atoms with Gasteiger partial charge < -0.3 is 16.0 Å². The van der Waals surface area contributed by atoms with Gasteiger partial charge in [0.1, 0.15) is 11.6 Å². The van der Waals surface area contributed by atoms with Crippen LogP contribution >= 0.6 is 23.2 Å². The van der Waals surface area contributed by atoms with E-state index in [0.717, 1.165) is 0 Å². The van der Waals surface area contributed by atoms with Gasteiger partial charge in [0, 0.05) is 14.1 Å². The maximum atomic E-state index is 11.2. The zero-order valence-corrected chi connectivity index (χ0v) is 10.4. The SMILES string of the molecule is CNC(=O)CN(C)c1nc(N)c(Cl)cc1Cl. The normalized spacial score (nSPS) is 10.0. The van der Waals surface area contributed by atoms with Crippen LogP contribution in [0.15, 0.2) is 6.07 Å². The van der Waals surface area contributed by atoms with Gasteiger partial charge >= 0.3 is 0 Å². The Balaban J connectivity index is 2.95. The van der Waals surface area contributed by atoms with E-state index in [1.54, 1.807) is 19.0 Å². The second-order valence-electron chi connectivity index (χ2n) is 3.19. The van der Waals surface area contributed by atoms with Crippen molar-refractivity contribution >= 4 is 40.7 Å². The van der Waals surface area contributed by atoms with Crippen molar-refractivity contribution in [3.63, 3.8) is 0 Å². The molecule has 1 aromatic rings. The van der Waals surface area contributed by atoms with Crippen molar-refractivity contribution in [1.29, 1.82) is 0 Å². The molecule has 1 rings (SSSR count). The largest absolute Gasteiger partial charge is 0.382 e. The number of carbonyl (C=O) groups is 1. The van der Waals surface area contributed by atoms with E-state index >= 15 is 0 Å². The summed E-state index contributed by atoms with van der Waals surface area (Å²) in [5, 5.41) is 3.15. The van der Waals surface area contributed by atoms with Crippen LogP contribution in [0.25, 0.3) is 0 Å². The van der Waals surface area contributed by atoms with E-state index in [9.17, 15) is 4.79 Å². The van der Waals surface area contributed by atoms with Crippen LogP contribution in [0.2, 0.25) is 10.0 Å². The Hall–Kier alpha value is -1.20. The van der Waals surface area contributed by atoms with Crippen molar-refractivity contribution in [2.24, 2.45) is 0 Å². The van der Waals surface area contributed by atoms with Gasteiger partial charge in [-0.1, -0.05) is 23.2 Å². The van der Waals surface area contributed by atoms with Crippen molar-refractivity contribution < 1.29 is 4.79 Å². The van der Waals surface area contributed by atoms with E-state index in [2.05, 4.69) is 10.3 Å². The van der Waals surface area contributed by atoms with E-state index < -0.39 is 0 Å². The number of nitrogen functional groups attached to an aromatic ring is 1. The fraction of sp³-hybridized carbons (Fsp3) is 0.333. The Bertz CT molecular complexity index is 411. The average molecular weight is 263 g/mol. The third-order valence-electron chi connectivity index (χ3n) is 1.96. The first-order chi connectivity index (χ1) is 7.45. The number of hydrogen-bond donors (Lipinski definition) is 2. The molecule has 1 aromatic heterocycles. The Morgan fingerprint density at radius 1 is 1.56 bits per heavy atom. The molecule has 0 unspecified atom stereocenters. The molecule has 0 bridgehead atoms. The molecule has 0 spiro atoms. The van der Waals surface area contributed by atoms with Gasteiger partial charge in [0.2, 0.25) is 5.91 Å². The number of nitrogens with two attached hydrogens (primary N) is 1. The Morgan fingerprint density at radius 3 is 2.75 bits per heavy atom. The third-order valence-corrected chi connectivity index (χ3v) is 2.54. The molecule has 88 valence electrons. The average Bonchev–Trinajstić information content (AvgIpc) is 2.23. The number of likely N-dealkylation sites (N-methyl/N-ethyl adjacent to an activating group) is 2. The lowest BCUT2D eigenvalue weighted by atomic mass is 10.4. The fourth-order valence-electron chi connectivity index (χ4n) is 1.11. The number of halogens is 2. The molecule has 7 heteroatoms. The Kier molecular flexibility index (Phi) is 4.20. The third kappa shape index (κ3) is 2.90.